The summed E-state index contributed by atoms with van der Waals surface area (Å²) in [5.41, 5.74) is 9.66. The number of hydrogen-bond acceptors (Lipinski definition) is 4. The molecule has 0 atom stereocenters. The molecule has 3 aromatic rings. The van der Waals surface area contributed by atoms with E-state index in [4.69, 9.17) is 15.6 Å². The van der Waals surface area contributed by atoms with Crippen LogP contribution in [0.3, 0.4) is 0 Å². The number of ether oxygens (including phenoxy) is 1. The van der Waals surface area contributed by atoms with Gasteiger partial charge < -0.3 is 15.6 Å². The Morgan fingerprint density at radius 2 is 1.83 bits per heavy atom. The van der Waals surface area contributed by atoms with E-state index in [2.05, 4.69) is 5.10 Å². The van der Waals surface area contributed by atoms with Crippen LogP contribution >= 0.6 is 0 Å². The van der Waals surface area contributed by atoms with Gasteiger partial charge in [0.15, 0.2) is 0 Å². The first kappa shape index (κ1) is 15.6. The highest BCUT2D eigenvalue weighted by atomic mass is 16.5. The average Bonchev–Trinajstić information content (AvgIpc) is 2.89. The number of anilines is 1. The number of carbonyl (C=O) groups is 1. The summed E-state index contributed by atoms with van der Waals surface area (Å²) in [6, 6.07) is 14.0. The Hall–Kier alpha value is -3.28. The van der Waals surface area contributed by atoms with Crippen LogP contribution in [0.4, 0.5) is 5.82 Å². The number of rotatable bonds is 4. The van der Waals surface area contributed by atoms with E-state index in [9.17, 15) is 4.79 Å². The Morgan fingerprint density at radius 3 is 2.46 bits per heavy atom. The number of aromatic carboxylic acids is 1. The second-order valence-electron chi connectivity index (χ2n) is 5.31. The van der Waals surface area contributed by atoms with Crippen molar-refractivity contribution < 1.29 is 14.6 Å². The van der Waals surface area contributed by atoms with Gasteiger partial charge in [0, 0.05) is 5.56 Å². The highest BCUT2D eigenvalue weighted by Gasteiger charge is 2.18. The summed E-state index contributed by atoms with van der Waals surface area (Å²) in [5.74, 6) is 0.217. The maximum Gasteiger partial charge on any atom is 0.335 e. The maximum atomic E-state index is 11.0. The molecule has 0 aliphatic carbocycles. The highest BCUT2D eigenvalue weighted by molar-refractivity contribution is 5.88. The molecular formula is C18H17N3O3. The highest BCUT2D eigenvalue weighted by Crippen LogP contribution is 2.36. The Morgan fingerprint density at radius 1 is 1.17 bits per heavy atom. The molecule has 0 radical (unpaired) electrons. The van der Waals surface area contributed by atoms with Crippen molar-refractivity contribution in [2.24, 2.45) is 0 Å². The van der Waals surface area contributed by atoms with Crippen LogP contribution in [0.15, 0.2) is 48.5 Å². The van der Waals surface area contributed by atoms with Gasteiger partial charge in [-0.15, -0.1) is 0 Å². The fourth-order valence-electron chi connectivity index (χ4n) is 2.67. The van der Waals surface area contributed by atoms with E-state index in [1.165, 1.54) is 12.1 Å². The molecule has 3 N–H and O–H groups in total. The minimum absolute atomic E-state index is 0.214. The SMILES string of the molecule is COc1ccccc1-c1c(C)nn(-c2ccc(C(=O)O)cc2)c1N. The summed E-state index contributed by atoms with van der Waals surface area (Å²) in [7, 11) is 1.61. The van der Waals surface area contributed by atoms with Crippen molar-refractivity contribution in [1.82, 2.24) is 9.78 Å². The standard InChI is InChI=1S/C18H17N3O3/c1-11-16(14-5-3-4-6-15(14)24-2)17(19)21(20-11)13-9-7-12(8-10-13)18(22)23/h3-10H,19H2,1-2H3,(H,22,23). The van der Waals surface area contributed by atoms with E-state index in [0.717, 1.165) is 16.8 Å². The largest absolute Gasteiger partial charge is 0.496 e. The number of nitrogen functional groups attached to an aromatic ring is 1. The zero-order chi connectivity index (χ0) is 17.3. The summed E-state index contributed by atoms with van der Waals surface area (Å²) in [6.07, 6.45) is 0. The Balaban J connectivity index is 2.11. The first-order chi connectivity index (χ1) is 11.5. The number of benzene rings is 2. The second-order valence-corrected chi connectivity index (χ2v) is 5.31. The van der Waals surface area contributed by atoms with Crippen LogP contribution in [-0.4, -0.2) is 28.0 Å². The van der Waals surface area contributed by atoms with Gasteiger partial charge in [-0.2, -0.15) is 5.10 Å². The van der Waals surface area contributed by atoms with E-state index in [0.29, 0.717) is 17.3 Å². The zero-order valence-electron chi connectivity index (χ0n) is 13.4. The van der Waals surface area contributed by atoms with Gasteiger partial charge in [0.25, 0.3) is 0 Å². The summed E-state index contributed by atoms with van der Waals surface area (Å²) < 4.78 is 7.01. The van der Waals surface area contributed by atoms with Crippen molar-refractivity contribution in [2.45, 2.75) is 6.92 Å². The molecule has 24 heavy (non-hydrogen) atoms. The molecule has 122 valence electrons. The molecule has 0 saturated heterocycles. The molecule has 6 nitrogen and oxygen atoms in total. The second kappa shape index (κ2) is 6.08. The molecule has 0 saturated carbocycles. The van der Waals surface area contributed by atoms with Crippen molar-refractivity contribution in [1.29, 1.82) is 0 Å². The number of carboxylic acid groups (broad SMARTS) is 1. The van der Waals surface area contributed by atoms with Crippen molar-refractivity contribution in [3.63, 3.8) is 0 Å². The van der Waals surface area contributed by atoms with Crippen LogP contribution in [0.1, 0.15) is 16.1 Å². The predicted octanol–water partition coefficient (Wildman–Crippen LogP) is 3.14. The third kappa shape index (κ3) is 2.58. The topological polar surface area (TPSA) is 90.4 Å². The van der Waals surface area contributed by atoms with E-state index in [-0.39, 0.29) is 5.56 Å². The number of aromatic nitrogens is 2. The Bertz CT molecular complexity index is 898. The normalized spacial score (nSPS) is 10.6. The lowest BCUT2D eigenvalue weighted by molar-refractivity contribution is 0.0697. The van der Waals surface area contributed by atoms with Crippen molar-refractivity contribution in [3.05, 3.63) is 59.8 Å². The minimum atomic E-state index is -0.971. The van der Waals surface area contributed by atoms with E-state index < -0.39 is 5.97 Å². The third-order valence-corrected chi connectivity index (χ3v) is 3.83. The number of aryl methyl sites for hydroxylation is 1. The van der Waals surface area contributed by atoms with E-state index in [1.807, 2.05) is 31.2 Å². The third-order valence-electron chi connectivity index (χ3n) is 3.83. The number of methoxy groups -OCH3 is 1. The number of nitrogens with zero attached hydrogens (tertiary/aromatic N) is 2. The fraction of sp³-hybridized carbons (Fsp3) is 0.111. The minimum Gasteiger partial charge on any atom is -0.496 e. The van der Waals surface area contributed by atoms with Crippen molar-refractivity contribution >= 4 is 11.8 Å². The summed E-state index contributed by atoms with van der Waals surface area (Å²) in [6.45, 7) is 1.88. The van der Waals surface area contributed by atoms with Crippen LogP contribution in [0.5, 0.6) is 5.75 Å². The van der Waals surface area contributed by atoms with Gasteiger partial charge in [0.1, 0.15) is 11.6 Å². The van der Waals surface area contributed by atoms with Crippen LogP contribution in [0, 0.1) is 6.92 Å². The molecule has 0 amide bonds. The van der Waals surface area contributed by atoms with Crippen LogP contribution in [0.2, 0.25) is 0 Å². The van der Waals surface area contributed by atoms with Crippen molar-refractivity contribution in [2.75, 3.05) is 12.8 Å². The van der Waals surface area contributed by atoms with Gasteiger partial charge in [-0.3, -0.25) is 0 Å². The molecule has 0 aliphatic rings. The number of para-hydroxylation sites is 1. The first-order valence-corrected chi connectivity index (χ1v) is 7.35. The van der Waals surface area contributed by atoms with Gasteiger partial charge in [-0.05, 0) is 37.3 Å². The van der Waals surface area contributed by atoms with Crippen LogP contribution in [0.25, 0.3) is 16.8 Å². The smallest absolute Gasteiger partial charge is 0.335 e. The lowest BCUT2D eigenvalue weighted by Gasteiger charge is -2.09. The quantitative estimate of drug-likeness (QED) is 0.770. The molecule has 2 aromatic carbocycles. The molecule has 0 unspecified atom stereocenters. The maximum absolute atomic E-state index is 11.0. The molecule has 0 fully saturated rings. The summed E-state index contributed by atoms with van der Waals surface area (Å²) in [4.78, 5) is 11.0. The molecule has 6 heteroatoms. The molecule has 1 heterocycles. The summed E-state index contributed by atoms with van der Waals surface area (Å²) in [5, 5.41) is 13.5. The molecule has 0 spiro atoms. The van der Waals surface area contributed by atoms with Gasteiger partial charge in [-0.1, -0.05) is 18.2 Å². The fourth-order valence-corrected chi connectivity index (χ4v) is 2.67. The Labute approximate surface area is 139 Å². The van der Waals surface area contributed by atoms with Gasteiger partial charge in [0.05, 0.1) is 29.6 Å². The molecule has 3 rings (SSSR count). The predicted molar refractivity (Wildman–Crippen MR) is 91.7 cm³/mol. The van der Waals surface area contributed by atoms with E-state index >= 15 is 0 Å². The van der Waals surface area contributed by atoms with Crippen LogP contribution in [-0.2, 0) is 0 Å². The molecular weight excluding hydrogens is 306 g/mol. The lowest BCUT2D eigenvalue weighted by atomic mass is 10.0. The zero-order valence-corrected chi connectivity index (χ0v) is 13.4. The lowest BCUT2D eigenvalue weighted by Crippen LogP contribution is -2.03. The van der Waals surface area contributed by atoms with Crippen LogP contribution < -0.4 is 10.5 Å². The molecule has 0 bridgehead atoms. The number of carboxylic acids is 1. The first-order valence-electron chi connectivity index (χ1n) is 7.35. The Kier molecular flexibility index (Phi) is 3.95. The molecule has 0 aliphatic heterocycles. The van der Waals surface area contributed by atoms with Gasteiger partial charge in [-0.25, -0.2) is 9.48 Å². The average molecular weight is 323 g/mol. The van der Waals surface area contributed by atoms with Crippen molar-refractivity contribution in [3.8, 4) is 22.6 Å². The monoisotopic (exact) mass is 323 g/mol. The summed E-state index contributed by atoms with van der Waals surface area (Å²) >= 11 is 0. The van der Waals surface area contributed by atoms with E-state index in [1.54, 1.807) is 23.9 Å². The van der Waals surface area contributed by atoms with Gasteiger partial charge in [0.2, 0.25) is 0 Å². The van der Waals surface area contributed by atoms with Gasteiger partial charge >= 0.3 is 5.97 Å². The number of hydrogen-bond donors (Lipinski definition) is 2. The molecule has 1 aromatic heterocycles. The number of nitrogens with two attached hydrogens (primary N) is 1.